The molecular weight excluding hydrogens is 402 g/mol. The fraction of sp³-hybridized carbons (Fsp3) is 0.250. The fourth-order valence-electron chi connectivity index (χ4n) is 3.90. The summed E-state index contributed by atoms with van der Waals surface area (Å²) in [6, 6.07) is 16.0. The lowest BCUT2D eigenvalue weighted by molar-refractivity contribution is -0.0633. The van der Waals surface area contributed by atoms with Crippen LogP contribution in [0, 0.1) is 0 Å². The van der Waals surface area contributed by atoms with Crippen LogP contribution in [0.1, 0.15) is 17.4 Å². The van der Waals surface area contributed by atoms with Gasteiger partial charge in [0.15, 0.2) is 6.29 Å². The van der Waals surface area contributed by atoms with Crippen molar-refractivity contribution in [3.05, 3.63) is 90.8 Å². The highest BCUT2D eigenvalue weighted by Crippen LogP contribution is 2.27. The first kappa shape index (κ1) is 20.3. The zero-order valence-electron chi connectivity index (χ0n) is 17.9. The van der Waals surface area contributed by atoms with Gasteiger partial charge in [-0.05, 0) is 42.0 Å². The second-order valence-corrected chi connectivity index (χ2v) is 7.75. The van der Waals surface area contributed by atoms with Gasteiger partial charge >= 0.3 is 0 Å². The summed E-state index contributed by atoms with van der Waals surface area (Å²) in [5.41, 5.74) is 3.84. The van der Waals surface area contributed by atoms with Gasteiger partial charge in [-0.2, -0.15) is 0 Å². The average molecular weight is 428 g/mol. The number of anilines is 2. The third-order valence-corrected chi connectivity index (χ3v) is 5.57. The molecule has 0 aliphatic carbocycles. The molecule has 5 rings (SSSR count). The van der Waals surface area contributed by atoms with Crippen LogP contribution < -0.4 is 5.32 Å². The highest BCUT2D eigenvalue weighted by atomic mass is 16.5. The Morgan fingerprint density at radius 1 is 1.03 bits per heavy atom. The van der Waals surface area contributed by atoms with Crippen LogP contribution >= 0.6 is 0 Å². The molecule has 0 radical (unpaired) electrons. The summed E-state index contributed by atoms with van der Waals surface area (Å²) in [6.07, 6.45) is 9.00. The number of aliphatic imine (C=N–C) groups is 1. The summed E-state index contributed by atoms with van der Waals surface area (Å²) < 4.78 is 6.11. The number of rotatable bonds is 5. The molecule has 0 amide bonds. The molecule has 0 saturated carbocycles. The van der Waals surface area contributed by atoms with E-state index in [0.717, 1.165) is 41.6 Å². The van der Waals surface area contributed by atoms with Crippen LogP contribution in [0.25, 0.3) is 0 Å². The Morgan fingerprint density at radius 3 is 2.72 bits per heavy atom. The van der Waals surface area contributed by atoms with E-state index in [1.807, 2.05) is 37.4 Å². The molecule has 4 heterocycles. The Bertz CT molecular complexity index is 1090. The standard InChI is InChI=1S/C24H25N7O/c1-30-13-10-21(20-9-12-25-17-27-20)29-24(30)31-14-15-32-22(16-31)18-5-7-19(8-6-18)28-23-4-2-3-11-26-23/h2-13,17,22,24H,14-16H2,1H3,(H,26,28). The molecule has 2 aliphatic rings. The first-order valence-electron chi connectivity index (χ1n) is 10.6. The zero-order valence-corrected chi connectivity index (χ0v) is 17.9. The SMILES string of the molecule is CN1C=CC(c2ccncn2)=NC1N1CCOC(c2ccc(Nc3ccccn3)cc2)C1. The normalized spacial score (nSPS) is 21.3. The Hall–Kier alpha value is -3.62. The number of hydrogen-bond acceptors (Lipinski definition) is 8. The monoisotopic (exact) mass is 427 g/mol. The molecule has 2 aromatic heterocycles. The van der Waals surface area contributed by atoms with Crippen molar-refractivity contribution in [1.29, 1.82) is 0 Å². The summed E-state index contributed by atoms with van der Waals surface area (Å²) in [6.45, 7) is 2.24. The number of pyridine rings is 1. The number of benzene rings is 1. The van der Waals surface area contributed by atoms with Gasteiger partial charge in [-0.25, -0.2) is 19.9 Å². The quantitative estimate of drug-likeness (QED) is 0.670. The second kappa shape index (κ2) is 9.25. The fourth-order valence-corrected chi connectivity index (χ4v) is 3.90. The highest BCUT2D eigenvalue weighted by molar-refractivity contribution is 6.07. The molecule has 32 heavy (non-hydrogen) atoms. The first-order valence-corrected chi connectivity index (χ1v) is 10.6. The molecule has 0 bridgehead atoms. The molecule has 1 saturated heterocycles. The van der Waals surface area contributed by atoms with Crippen molar-refractivity contribution in [2.45, 2.75) is 12.4 Å². The van der Waals surface area contributed by atoms with Crippen LogP contribution in [-0.2, 0) is 4.74 Å². The molecule has 1 fully saturated rings. The first-order chi connectivity index (χ1) is 15.8. The van der Waals surface area contributed by atoms with Gasteiger partial charge in [-0.1, -0.05) is 18.2 Å². The predicted molar refractivity (Wildman–Crippen MR) is 123 cm³/mol. The third kappa shape index (κ3) is 4.51. The van der Waals surface area contributed by atoms with E-state index in [1.54, 1.807) is 18.7 Å². The highest BCUT2D eigenvalue weighted by Gasteiger charge is 2.30. The van der Waals surface area contributed by atoms with E-state index >= 15 is 0 Å². The Labute approximate surface area is 187 Å². The van der Waals surface area contributed by atoms with Crippen LogP contribution in [0.3, 0.4) is 0 Å². The lowest BCUT2D eigenvalue weighted by Gasteiger charge is -2.41. The van der Waals surface area contributed by atoms with Crippen molar-refractivity contribution in [1.82, 2.24) is 24.8 Å². The molecular formula is C24H25N7O. The van der Waals surface area contributed by atoms with Crippen LogP contribution in [0.15, 0.2) is 84.5 Å². The minimum absolute atomic E-state index is 0.00958. The number of ether oxygens (including phenoxy) is 1. The largest absolute Gasteiger partial charge is 0.371 e. The molecule has 162 valence electrons. The number of nitrogens with one attached hydrogen (secondary N) is 1. The van der Waals surface area contributed by atoms with E-state index in [4.69, 9.17) is 9.73 Å². The summed E-state index contributed by atoms with van der Waals surface area (Å²) in [4.78, 5) is 22.1. The summed E-state index contributed by atoms with van der Waals surface area (Å²) in [5, 5.41) is 3.32. The maximum atomic E-state index is 6.11. The zero-order chi connectivity index (χ0) is 21.8. The average Bonchev–Trinajstić information content (AvgIpc) is 2.86. The minimum atomic E-state index is -0.0959. The summed E-state index contributed by atoms with van der Waals surface area (Å²) >= 11 is 0. The lowest BCUT2D eigenvalue weighted by Crippen LogP contribution is -2.50. The van der Waals surface area contributed by atoms with Crippen molar-refractivity contribution < 1.29 is 4.74 Å². The topological polar surface area (TPSA) is 78.8 Å². The van der Waals surface area contributed by atoms with Gasteiger partial charge in [0.2, 0.25) is 0 Å². The van der Waals surface area contributed by atoms with Crippen molar-refractivity contribution >= 4 is 17.2 Å². The van der Waals surface area contributed by atoms with E-state index < -0.39 is 0 Å². The number of hydrogen-bond donors (Lipinski definition) is 1. The number of allylic oxidation sites excluding steroid dienone is 1. The van der Waals surface area contributed by atoms with Crippen LogP contribution in [-0.4, -0.2) is 63.5 Å². The number of aromatic nitrogens is 3. The van der Waals surface area contributed by atoms with Crippen LogP contribution in [0.4, 0.5) is 11.5 Å². The van der Waals surface area contributed by atoms with Gasteiger partial charge in [0, 0.05) is 44.4 Å². The molecule has 2 aliphatic heterocycles. The molecule has 2 unspecified atom stereocenters. The van der Waals surface area contributed by atoms with E-state index in [-0.39, 0.29) is 12.4 Å². The predicted octanol–water partition coefficient (Wildman–Crippen LogP) is 3.22. The van der Waals surface area contributed by atoms with Crippen molar-refractivity contribution in [2.75, 3.05) is 32.1 Å². The second-order valence-electron chi connectivity index (χ2n) is 7.75. The van der Waals surface area contributed by atoms with Crippen LogP contribution in [0.5, 0.6) is 0 Å². The van der Waals surface area contributed by atoms with Crippen molar-refractivity contribution in [3.63, 3.8) is 0 Å². The van der Waals surface area contributed by atoms with Crippen LogP contribution in [0.2, 0.25) is 0 Å². The Balaban J connectivity index is 1.29. The molecule has 8 heteroatoms. The number of nitrogens with zero attached hydrogens (tertiary/aromatic N) is 6. The van der Waals surface area contributed by atoms with Gasteiger partial charge in [-0.15, -0.1) is 0 Å². The van der Waals surface area contributed by atoms with E-state index in [2.05, 4.69) is 60.5 Å². The van der Waals surface area contributed by atoms with Gasteiger partial charge in [0.25, 0.3) is 0 Å². The Morgan fingerprint density at radius 2 is 1.94 bits per heavy atom. The maximum absolute atomic E-state index is 6.11. The molecule has 8 nitrogen and oxygen atoms in total. The summed E-state index contributed by atoms with van der Waals surface area (Å²) in [5.74, 6) is 0.825. The van der Waals surface area contributed by atoms with Gasteiger partial charge in [0.1, 0.15) is 12.1 Å². The maximum Gasteiger partial charge on any atom is 0.178 e. The molecule has 1 N–H and O–H groups in total. The van der Waals surface area contributed by atoms with Gasteiger partial charge in [-0.3, -0.25) is 4.90 Å². The molecule has 3 aromatic rings. The van der Waals surface area contributed by atoms with E-state index in [0.29, 0.717) is 6.61 Å². The lowest BCUT2D eigenvalue weighted by atomic mass is 10.1. The minimum Gasteiger partial charge on any atom is -0.371 e. The van der Waals surface area contributed by atoms with E-state index in [1.165, 1.54) is 0 Å². The third-order valence-electron chi connectivity index (χ3n) is 5.57. The van der Waals surface area contributed by atoms with E-state index in [9.17, 15) is 0 Å². The van der Waals surface area contributed by atoms with Crippen molar-refractivity contribution in [2.24, 2.45) is 4.99 Å². The van der Waals surface area contributed by atoms with Gasteiger partial charge in [0.05, 0.1) is 24.1 Å². The number of morpholine rings is 1. The molecule has 2 atom stereocenters. The molecule has 0 spiro atoms. The van der Waals surface area contributed by atoms with Crippen molar-refractivity contribution in [3.8, 4) is 0 Å². The summed E-state index contributed by atoms with van der Waals surface area (Å²) in [7, 11) is 2.05. The molecule has 1 aromatic carbocycles. The van der Waals surface area contributed by atoms with Gasteiger partial charge < -0.3 is 15.0 Å². The smallest absolute Gasteiger partial charge is 0.178 e. The Kier molecular flexibility index (Phi) is 5.87.